The van der Waals surface area contributed by atoms with Crippen molar-refractivity contribution < 1.29 is 18.1 Å². The lowest BCUT2D eigenvalue weighted by atomic mass is 10.3. The van der Waals surface area contributed by atoms with E-state index in [9.17, 15) is 13.2 Å². The number of piperazine rings is 1. The molecule has 2 N–H and O–H groups in total. The Morgan fingerprint density at radius 3 is 2.54 bits per heavy atom. The quantitative estimate of drug-likeness (QED) is 0.470. The second-order valence-electron chi connectivity index (χ2n) is 6.53. The smallest absolute Gasteiger partial charge is 0.295 e. The van der Waals surface area contributed by atoms with Crippen LogP contribution in [0.2, 0.25) is 0 Å². The Morgan fingerprint density at radius 2 is 1.93 bits per heavy atom. The molecule has 2 aromatic rings. The molecular formula is C18H22BrN4O3S2+. The lowest BCUT2D eigenvalue weighted by Gasteiger charge is -2.31. The van der Waals surface area contributed by atoms with E-state index in [0.717, 1.165) is 14.2 Å². The van der Waals surface area contributed by atoms with Crippen LogP contribution >= 0.6 is 27.3 Å². The Balaban J connectivity index is 1.47. The molecule has 10 heteroatoms. The highest BCUT2D eigenvalue weighted by molar-refractivity contribution is 9.10. The molecule has 1 aromatic carbocycles. The average Bonchev–Trinajstić information content (AvgIpc) is 3.08. The predicted molar refractivity (Wildman–Crippen MR) is 113 cm³/mol. The van der Waals surface area contributed by atoms with Crippen LogP contribution in [-0.2, 0) is 14.8 Å². The Kier molecular flexibility index (Phi) is 7.00. The predicted octanol–water partition coefficient (Wildman–Crippen LogP) is 0.859. The molecule has 0 unspecified atom stereocenters. The molecule has 3 rings (SSSR count). The number of benzene rings is 1. The zero-order chi connectivity index (χ0) is 20.1. The van der Waals surface area contributed by atoms with Gasteiger partial charge in [-0.1, -0.05) is 15.9 Å². The van der Waals surface area contributed by atoms with E-state index in [2.05, 4.69) is 26.5 Å². The van der Waals surface area contributed by atoms with Crippen molar-refractivity contribution in [2.24, 2.45) is 5.10 Å². The molecule has 1 aromatic heterocycles. The van der Waals surface area contributed by atoms with E-state index in [0.29, 0.717) is 26.2 Å². The summed E-state index contributed by atoms with van der Waals surface area (Å²) in [6, 6.07) is 10.6. The zero-order valence-corrected chi connectivity index (χ0v) is 18.6. The van der Waals surface area contributed by atoms with E-state index in [4.69, 9.17) is 0 Å². The van der Waals surface area contributed by atoms with Gasteiger partial charge in [-0.25, -0.2) is 13.8 Å². The molecule has 0 aliphatic carbocycles. The molecule has 0 atom stereocenters. The summed E-state index contributed by atoms with van der Waals surface area (Å²) in [7, 11) is -3.50. The van der Waals surface area contributed by atoms with Crippen molar-refractivity contribution >= 4 is 49.4 Å². The number of quaternary nitrogens is 1. The number of sulfonamides is 1. The van der Waals surface area contributed by atoms with Crippen LogP contribution in [0.3, 0.4) is 0 Å². The summed E-state index contributed by atoms with van der Waals surface area (Å²) in [4.78, 5) is 15.6. The second kappa shape index (κ2) is 9.27. The van der Waals surface area contributed by atoms with Gasteiger partial charge >= 0.3 is 0 Å². The van der Waals surface area contributed by atoms with Crippen molar-refractivity contribution in [3.05, 3.63) is 50.6 Å². The molecular weight excluding hydrogens is 464 g/mol. The molecule has 150 valence electrons. The summed E-state index contributed by atoms with van der Waals surface area (Å²) in [5, 5.41) is 3.98. The number of thiophene rings is 1. The third-order valence-corrected chi connectivity index (χ3v) is 7.81. The van der Waals surface area contributed by atoms with Gasteiger partial charge in [0.15, 0.2) is 6.54 Å². The van der Waals surface area contributed by atoms with E-state index >= 15 is 0 Å². The zero-order valence-electron chi connectivity index (χ0n) is 15.4. The van der Waals surface area contributed by atoms with Crippen LogP contribution in [0.15, 0.2) is 50.9 Å². The van der Waals surface area contributed by atoms with Gasteiger partial charge < -0.3 is 4.90 Å². The number of hydrogen-bond acceptors (Lipinski definition) is 5. The van der Waals surface area contributed by atoms with Crippen LogP contribution in [0.4, 0.5) is 0 Å². The Hall–Kier alpha value is -1.59. The number of rotatable bonds is 6. The highest BCUT2D eigenvalue weighted by Crippen LogP contribution is 2.18. The van der Waals surface area contributed by atoms with E-state index in [1.165, 1.54) is 9.18 Å². The van der Waals surface area contributed by atoms with Crippen molar-refractivity contribution in [1.82, 2.24) is 9.73 Å². The first-order valence-electron chi connectivity index (χ1n) is 8.82. The van der Waals surface area contributed by atoms with Gasteiger partial charge in [0, 0.05) is 14.2 Å². The molecule has 0 bridgehead atoms. The molecule has 0 radical (unpaired) electrons. The van der Waals surface area contributed by atoms with Crippen molar-refractivity contribution in [3.63, 3.8) is 0 Å². The molecule has 0 spiro atoms. The minimum Gasteiger partial charge on any atom is -0.325 e. The van der Waals surface area contributed by atoms with Crippen LogP contribution in [-0.4, -0.2) is 57.6 Å². The third kappa shape index (κ3) is 5.48. The van der Waals surface area contributed by atoms with Crippen LogP contribution in [0, 0.1) is 6.92 Å². The van der Waals surface area contributed by atoms with Crippen LogP contribution in [0.1, 0.15) is 9.75 Å². The number of carbonyl (C=O) groups is 1. The SMILES string of the molecule is Cc1ccc(/C=N\NC(=O)C[NH+]2CCN(S(=O)(=O)c3ccc(Br)cc3)CC2)s1. The number of hydrogen-bond donors (Lipinski definition) is 2. The van der Waals surface area contributed by atoms with Gasteiger partial charge in [0.1, 0.15) is 0 Å². The lowest BCUT2D eigenvalue weighted by Crippen LogP contribution is -3.15. The van der Waals surface area contributed by atoms with E-state index < -0.39 is 10.0 Å². The van der Waals surface area contributed by atoms with Crippen molar-refractivity contribution in [1.29, 1.82) is 0 Å². The molecule has 28 heavy (non-hydrogen) atoms. The summed E-state index contributed by atoms with van der Waals surface area (Å²) >= 11 is 4.92. The highest BCUT2D eigenvalue weighted by atomic mass is 79.9. The fourth-order valence-corrected chi connectivity index (χ4v) is 5.39. The van der Waals surface area contributed by atoms with E-state index in [1.807, 2.05) is 19.1 Å². The maximum atomic E-state index is 12.7. The minimum atomic E-state index is -3.50. The van der Waals surface area contributed by atoms with Crippen LogP contribution < -0.4 is 10.3 Å². The summed E-state index contributed by atoms with van der Waals surface area (Å²) < 4.78 is 27.7. The summed E-state index contributed by atoms with van der Waals surface area (Å²) in [5.41, 5.74) is 2.54. The van der Waals surface area contributed by atoms with Gasteiger partial charge in [-0.2, -0.15) is 9.41 Å². The minimum absolute atomic E-state index is 0.177. The topological polar surface area (TPSA) is 83.3 Å². The Morgan fingerprint density at radius 1 is 1.25 bits per heavy atom. The molecule has 1 aliphatic rings. The number of nitrogens with one attached hydrogen (secondary N) is 2. The number of carbonyl (C=O) groups excluding carboxylic acids is 1. The lowest BCUT2D eigenvalue weighted by molar-refractivity contribution is -0.895. The maximum absolute atomic E-state index is 12.7. The number of hydrazone groups is 1. The molecule has 2 heterocycles. The first-order valence-corrected chi connectivity index (χ1v) is 11.9. The first kappa shape index (κ1) is 21.1. The molecule has 7 nitrogen and oxygen atoms in total. The monoisotopic (exact) mass is 485 g/mol. The fraction of sp³-hybridized carbons (Fsp3) is 0.333. The summed E-state index contributed by atoms with van der Waals surface area (Å²) in [6.45, 7) is 4.22. The Labute approximate surface area is 177 Å². The van der Waals surface area contributed by atoms with Gasteiger partial charge in [-0.15, -0.1) is 11.3 Å². The van der Waals surface area contributed by atoms with E-state index in [1.54, 1.807) is 41.8 Å². The fourth-order valence-electron chi connectivity index (χ4n) is 2.93. The highest BCUT2D eigenvalue weighted by Gasteiger charge is 2.31. The van der Waals surface area contributed by atoms with Crippen LogP contribution in [0.25, 0.3) is 0 Å². The second-order valence-corrected chi connectivity index (χ2v) is 10.7. The molecule has 1 amide bonds. The number of amides is 1. The number of aryl methyl sites for hydroxylation is 1. The number of halogens is 1. The van der Waals surface area contributed by atoms with Gasteiger partial charge in [0.2, 0.25) is 10.0 Å². The molecule has 1 aliphatic heterocycles. The van der Waals surface area contributed by atoms with Crippen molar-refractivity contribution in [3.8, 4) is 0 Å². The normalized spacial score (nSPS) is 16.5. The number of nitrogens with zero attached hydrogens (tertiary/aromatic N) is 2. The Bertz CT molecular complexity index is 949. The molecule has 0 saturated carbocycles. The van der Waals surface area contributed by atoms with Crippen LogP contribution in [0.5, 0.6) is 0 Å². The molecule has 1 fully saturated rings. The third-order valence-electron chi connectivity index (χ3n) is 4.43. The standard InChI is InChI=1S/C18H21BrN4O3S2/c1-14-2-5-16(27-14)12-20-21-18(24)13-22-8-10-23(11-9-22)28(25,26)17-6-3-15(19)4-7-17/h2-7,12H,8-11,13H2,1H3,(H,21,24)/p+1/b20-12-. The van der Waals surface area contributed by atoms with Gasteiger partial charge in [0.05, 0.1) is 37.3 Å². The average molecular weight is 486 g/mol. The van der Waals surface area contributed by atoms with Crippen molar-refractivity contribution in [2.45, 2.75) is 11.8 Å². The van der Waals surface area contributed by atoms with Gasteiger partial charge in [-0.05, 0) is 43.3 Å². The van der Waals surface area contributed by atoms with Crippen molar-refractivity contribution in [2.75, 3.05) is 32.7 Å². The van der Waals surface area contributed by atoms with Gasteiger partial charge in [0.25, 0.3) is 5.91 Å². The van der Waals surface area contributed by atoms with Gasteiger partial charge in [-0.3, -0.25) is 4.79 Å². The molecule has 1 saturated heterocycles. The summed E-state index contributed by atoms with van der Waals surface area (Å²) in [5.74, 6) is -0.177. The maximum Gasteiger partial charge on any atom is 0.295 e. The largest absolute Gasteiger partial charge is 0.325 e. The first-order chi connectivity index (χ1) is 13.3. The summed E-state index contributed by atoms with van der Waals surface area (Å²) in [6.07, 6.45) is 1.63. The van der Waals surface area contributed by atoms with E-state index in [-0.39, 0.29) is 17.3 Å².